The maximum absolute atomic E-state index is 13.5. The lowest BCUT2D eigenvalue weighted by molar-refractivity contribution is 0.414. The van der Waals surface area contributed by atoms with Crippen molar-refractivity contribution < 1.29 is 9.13 Å². The van der Waals surface area contributed by atoms with Gasteiger partial charge in [0.1, 0.15) is 17.4 Å². The molecule has 0 saturated carbocycles. The van der Waals surface area contributed by atoms with Crippen LogP contribution >= 0.6 is 0 Å². The number of nitrogens with one attached hydrogen (secondary N) is 1. The van der Waals surface area contributed by atoms with Crippen LogP contribution in [0.5, 0.6) is 5.75 Å². The second-order valence-electron chi connectivity index (χ2n) is 3.76. The molecule has 4 heteroatoms. The van der Waals surface area contributed by atoms with E-state index in [0.717, 1.165) is 31.6 Å². The fourth-order valence-electron chi connectivity index (χ4n) is 1.68. The van der Waals surface area contributed by atoms with E-state index in [0.29, 0.717) is 11.4 Å². The molecule has 0 bridgehead atoms. The smallest absolute Gasteiger partial charge is 0.146 e. The van der Waals surface area contributed by atoms with Crippen LogP contribution in [0.15, 0.2) is 23.2 Å². The van der Waals surface area contributed by atoms with Gasteiger partial charge in [0.25, 0.3) is 0 Å². The predicted octanol–water partition coefficient (Wildman–Crippen LogP) is 2.83. The standard InChI is InChI=1S/C12H15FN2O/c1-16-9-5-6-10(13)11(8-9)15-12-4-2-3-7-14-12/h5-6,8H,2-4,7H2,1H3,(H,14,15). The second kappa shape index (κ2) is 4.96. The van der Waals surface area contributed by atoms with E-state index in [2.05, 4.69) is 10.3 Å². The number of aliphatic imine (C=N–C) groups is 1. The first kappa shape index (κ1) is 10.9. The maximum Gasteiger partial charge on any atom is 0.146 e. The van der Waals surface area contributed by atoms with Gasteiger partial charge in [-0.2, -0.15) is 0 Å². The number of rotatable bonds is 2. The third kappa shape index (κ3) is 2.51. The summed E-state index contributed by atoms with van der Waals surface area (Å²) in [4.78, 5) is 4.32. The van der Waals surface area contributed by atoms with Crippen molar-refractivity contribution in [1.29, 1.82) is 0 Å². The molecule has 0 atom stereocenters. The predicted molar refractivity (Wildman–Crippen MR) is 62.7 cm³/mol. The summed E-state index contributed by atoms with van der Waals surface area (Å²) < 4.78 is 18.5. The van der Waals surface area contributed by atoms with Crippen LogP contribution in [0.3, 0.4) is 0 Å². The van der Waals surface area contributed by atoms with Gasteiger partial charge in [-0.3, -0.25) is 4.99 Å². The van der Waals surface area contributed by atoms with E-state index in [1.54, 1.807) is 19.2 Å². The minimum absolute atomic E-state index is 0.283. The van der Waals surface area contributed by atoms with Crippen molar-refractivity contribution in [1.82, 2.24) is 0 Å². The van der Waals surface area contributed by atoms with E-state index >= 15 is 0 Å². The van der Waals surface area contributed by atoms with Gasteiger partial charge < -0.3 is 10.1 Å². The Hall–Kier alpha value is -1.58. The molecule has 1 aliphatic rings. The number of halogens is 1. The molecule has 16 heavy (non-hydrogen) atoms. The summed E-state index contributed by atoms with van der Waals surface area (Å²) in [7, 11) is 1.56. The summed E-state index contributed by atoms with van der Waals surface area (Å²) in [5.41, 5.74) is 0.431. The quantitative estimate of drug-likeness (QED) is 0.834. The van der Waals surface area contributed by atoms with Gasteiger partial charge in [-0.05, 0) is 25.0 Å². The SMILES string of the molecule is COc1ccc(F)c(NC2=NCCCC2)c1. The van der Waals surface area contributed by atoms with Crippen molar-refractivity contribution in [3.8, 4) is 5.75 Å². The minimum Gasteiger partial charge on any atom is -0.497 e. The summed E-state index contributed by atoms with van der Waals surface area (Å²) in [6, 6.07) is 4.64. The Kier molecular flexibility index (Phi) is 3.39. The van der Waals surface area contributed by atoms with Crippen molar-refractivity contribution in [3.63, 3.8) is 0 Å². The number of hydrogen-bond donors (Lipinski definition) is 1. The molecule has 0 unspecified atom stereocenters. The zero-order valence-corrected chi connectivity index (χ0v) is 9.29. The first-order valence-corrected chi connectivity index (χ1v) is 5.43. The Morgan fingerprint density at radius 1 is 1.38 bits per heavy atom. The molecule has 0 aliphatic carbocycles. The van der Waals surface area contributed by atoms with Crippen LogP contribution in [0.2, 0.25) is 0 Å². The fourth-order valence-corrected chi connectivity index (χ4v) is 1.68. The van der Waals surface area contributed by atoms with Crippen molar-refractivity contribution >= 4 is 11.5 Å². The number of hydrogen-bond acceptors (Lipinski definition) is 3. The zero-order valence-electron chi connectivity index (χ0n) is 9.29. The Bertz CT molecular complexity index is 404. The molecule has 1 aromatic carbocycles. The first-order chi connectivity index (χ1) is 7.79. The van der Waals surface area contributed by atoms with Crippen LogP contribution in [0.4, 0.5) is 10.1 Å². The van der Waals surface area contributed by atoms with Gasteiger partial charge in [0.05, 0.1) is 12.8 Å². The Labute approximate surface area is 94.3 Å². The van der Waals surface area contributed by atoms with Gasteiger partial charge in [-0.15, -0.1) is 0 Å². The number of methoxy groups -OCH3 is 1. The second-order valence-corrected chi connectivity index (χ2v) is 3.76. The molecule has 0 aromatic heterocycles. The molecule has 1 aliphatic heterocycles. The van der Waals surface area contributed by atoms with Crippen molar-refractivity contribution in [2.24, 2.45) is 4.99 Å². The van der Waals surface area contributed by atoms with E-state index in [9.17, 15) is 4.39 Å². The van der Waals surface area contributed by atoms with E-state index in [-0.39, 0.29) is 5.82 Å². The Morgan fingerprint density at radius 2 is 2.25 bits per heavy atom. The lowest BCUT2D eigenvalue weighted by Gasteiger charge is -2.14. The van der Waals surface area contributed by atoms with Gasteiger partial charge in [0.15, 0.2) is 0 Å². The monoisotopic (exact) mass is 222 g/mol. The summed E-state index contributed by atoms with van der Waals surface area (Å²) in [5, 5.41) is 3.02. The summed E-state index contributed by atoms with van der Waals surface area (Å²) in [5.74, 6) is 1.22. The van der Waals surface area contributed by atoms with Gasteiger partial charge >= 0.3 is 0 Å². The van der Waals surface area contributed by atoms with Crippen molar-refractivity contribution in [3.05, 3.63) is 24.0 Å². The van der Waals surface area contributed by atoms with Crippen LogP contribution in [0, 0.1) is 5.82 Å². The summed E-state index contributed by atoms with van der Waals surface area (Å²) >= 11 is 0. The third-order valence-corrected chi connectivity index (χ3v) is 2.58. The molecule has 86 valence electrons. The van der Waals surface area contributed by atoms with Crippen LogP contribution in [-0.4, -0.2) is 19.5 Å². The van der Waals surface area contributed by atoms with E-state index in [4.69, 9.17) is 4.74 Å². The highest BCUT2D eigenvalue weighted by molar-refractivity contribution is 5.96. The fraction of sp³-hybridized carbons (Fsp3) is 0.417. The number of nitrogens with zero attached hydrogens (tertiary/aromatic N) is 1. The molecular weight excluding hydrogens is 207 g/mol. The molecule has 3 nitrogen and oxygen atoms in total. The van der Waals surface area contributed by atoms with E-state index < -0.39 is 0 Å². The van der Waals surface area contributed by atoms with Gasteiger partial charge in [-0.1, -0.05) is 0 Å². The van der Waals surface area contributed by atoms with Gasteiger partial charge in [-0.25, -0.2) is 4.39 Å². The minimum atomic E-state index is -0.283. The number of benzene rings is 1. The largest absolute Gasteiger partial charge is 0.497 e. The molecule has 0 spiro atoms. The maximum atomic E-state index is 13.5. The Balaban J connectivity index is 2.16. The first-order valence-electron chi connectivity index (χ1n) is 5.43. The number of amidine groups is 1. The Morgan fingerprint density at radius 3 is 2.94 bits per heavy atom. The molecular formula is C12H15FN2O. The highest BCUT2D eigenvalue weighted by Gasteiger charge is 2.09. The lowest BCUT2D eigenvalue weighted by atomic mass is 10.1. The van der Waals surface area contributed by atoms with Crippen molar-refractivity contribution in [2.75, 3.05) is 19.0 Å². The van der Waals surface area contributed by atoms with Crippen LogP contribution < -0.4 is 10.1 Å². The highest BCUT2D eigenvalue weighted by Crippen LogP contribution is 2.22. The van der Waals surface area contributed by atoms with Gasteiger partial charge in [0.2, 0.25) is 0 Å². The molecule has 1 N–H and O–H groups in total. The highest BCUT2D eigenvalue weighted by atomic mass is 19.1. The normalized spacial score (nSPS) is 15.5. The van der Waals surface area contributed by atoms with E-state index in [1.807, 2.05) is 0 Å². The zero-order chi connectivity index (χ0) is 11.4. The molecule has 0 amide bonds. The average Bonchev–Trinajstić information content (AvgIpc) is 2.33. The topological polar surface area (TPSA) is 33.6 Å². The number of ether oxygens (including phenoxy) is 1. The molecule has 0 saturated heterocycles. The third-order valence-electron chi connectivity index (χ3n) is 2.58. The van der Waals surface area contributed by atoms with Crippen molar-refractivity contribution in [2.45, 2.75) is 19.3 Å². The molecule has 1 heterocycles. The average molecular weight is 222 g/mol. The molecule has 0 radical (unpaired) electrons. The number of anilines is 1. The van der Waals surface area contributed by atoms with E-state index in [1.165, 1.54) is 6.07 Å². The lowest BCUT2D eigenvalue weighted by Crippen LogP contribution is -2.16. The van der Waals surface area contributed by atoms with Crippen LogP contribution in [0.1, 0.15) is 19.3 Å². The molecule has 2 rings (SSSR count). The molecule has 1 aromatic rings. The summed E-state index contributed by atoms with van der Waals surface area (Å²) in [6.45, 7) is 0.827. The summed E-state index contributed by atoms with van der Waals surface area (Å²) in [6.07, 6.45) is 3.11. The molecule has 0 fully saturated rings. The van der Waals surface area contributed by atoms with Crippen LogP contribution in [-0.2, 0) is 0 Å². The van der Waals surface area contributed by atoms with Crippen LogP contribution in [0.25, 0.3) is 0 Å². The van der Waals surface area contributed by atoms with Gasteiger partial charge in [0, 0.05) is 19.0 Å².